The van der Waals surface area contributed by atoms with Crippen LogP contribution in [-0.4, -0.2) is 14.8 Å². The van der Waals surface area contributed by atoms with Gasteiger partial charge in [0.25, 0.3) is 0 Å². The van der Waals surface area contributed by atoms with Crippen LogP contribution < -0.4 is 5.73 Å². The number of hydrogen-bond donors (Lipinski definition) is 1. The highest BCUT2D eigenvalue weighted by molar-refractivity contribution is 9.10. The van der Waals surface area contributed by atoms with Crippen molar-refractivity contribution in [1.29, 1.82) is 0 Å². The standard InChI is InChI=1S/C12H13BrN4/c13-10-6-15-17(7-10)12-9(5-14)4-8-2-1-3-11(8)16-12/h4,6-7H,1-3,5,14H2. The number of nitrogens with zero attached hydrogens (tertiary/aromatic N) is 3. The molecule has 4 nitrogen and oxygen atoms in total. The molecular formula is C12H13BrN4. The van der Waals surface area contributed by atoms with Crippen LogP contribution in [0.25, 0.3) is 5.82 Å². The molecule has 0 aromatic carbocycles. The van der Waals surface area contributed by atoms with Crippen molar-refractivity contribution in [2.24, 2.45) is 5.73 Å². The van der Waals surface area contributed by atoms with Gasteiger partial charge in [-0.3, -0.25) is 0 Å². The molecule has 0 bridgehead atoms. The van der Waals surface area contributed by atoms with E-state index in [9.17, 15) is 0 Å². The zero-order chi connectivity index (χ0) is 11.8. The lowest BCUT2D eigenvalue weighted by Crippen LogP contribution is -2.09. The van der Waals surface area contributed by atoms with Crippen LogP contribution in [0.2, 0.25) is 0 Å². The molecule has 3 rings (SSSR count). The molecule has 2 N–H and O–H groups in total. The highest BCUT2D eigenvalue weighted by Gasteiger charge is 2.17. The summed E-state index contributed by atoms with van der Waals surface area (Å²) >= 11 is 3.40. The summed E-state index contributed by atoms with van der Waals surface area (Å²) in [6.45, 7) is 0.493. The Morgan fingerprint density at radius 1 is 1.41 bits per heavy atom. The number of rotatable bonds is 2. The summed E-state index contributed by atoms with van der Waals surface area (Å²) in [5.74, 6) is 0.860. The van der Waals surface area contributed by atoms with E-state index in [0.717, 1.165) is 28.7 Å². The first-order valence-corrected chi connectivity index (χ1v) is 6.49. The van der Waals surface area contributed by atoms with E-state index in [-0.39, 0.29) is 0 Å². The molecule has 0 amide bonds. The summed E-state index contributed by atoms with van der Waals surface area (Å²) in [6, 6.07) is 2.18. The van der Waals surface area contributed by atoms with Crippen molar-refractivity contribution in [2.45, 2.75) is 25.8 Å². The number of nitrogens with two attached hydrogens (primary N) is 1. The van der Waals surface area contributed by atoms with Crippen LogP contribution in [0, 0.1) is 0 Å². The van der Waals surface area contributed by atoms with Crippen molar-refractivity contribution in [3.8, 4) is 5.82 Å². The number of aromatic nitrogens is 3. The van der Waals surface area contributed by atoms with Crippen molar-refractivity contribution in [3.63, 3.8) is 0 Å². The molecule has 0 atom stereocenters. The van der Waals surface area contributed by atoms with E-state index in [4.69, 9.17) is 10.7 Å². The Kier molecular flexibility index (Phi) is 2.72. The molecule has 17 heavy (non-hydrogen) atoms. The van der Waals surface area contributed by atoms with E-state index in [0.29, 0.717) is 6.54 Å². The predicted molar refractivity (Wildman–Crippen MR) is 69.0 cm³/mol. The fourth-order valence-corrected chi connectivity index (χ4v) is 2.56. The van der Waals surface area contributed by atoms with Crippen molar-refractivity contribution in [1.82, 2.24) is 14.8 Å². The second-order valence-corrected chi connectivity index (χ2v) is 5.15. The number of pyridine rings is 1. The lowest BCUT2D eigenvalue weighted by molar-refractivity contribution is 0.810. The van der Waals surface area contributed by atoms with Gasteiger partial charge in [-0.1, -0.05) is 0 Å². The maximum absolute atomic E-state index is 5.80. The third-order valence-electron chi connectivity index (χ3n) is 3.09. The van der Waals surface area contributed by atoms with E-state index in [1.807, 2.05) is 6.20 Å². The number of aryl methyl sites for hydroxylation is 2. The molecule has 0 unspecified atom stereocenters. The Morgan fingerprint density at radius 2 is 2.29 bits per heavy atom. The van der Waals surface area contributed by atoms with Crippen LogP contribution >= 0.6 is 15.9 Å². The molecule has 1 aliphatic carbocycles. The monoisotopic (exact) mass is 292 g/mol. The highest BCUT2D eigenvalue weighted by Crippen LogP contribution is 2.24. The van der Waals surface area contributed by atoms with Crippen molar-refractivity contribution in [2.75, 3.05) is 0 Å². The molecule has 2 aromatic rings. The topological polar surface area (TPSA) is 56.7 Å². The first kappa shape index (κ1) is 10.9. The minimum absolute atomic E-state index is 0.493. The quantitative estimate of drug-likeness (QED) is 0.921. The van der Waals surface area contributed by atoms with Crippen molar-refractivity contribution < 1.29 is 0 Å². The van der Waals surface area contributed by atoms with E-state index in [1.54, 1.807) is 10.9 Å². The van der Waals surface area contributed by atoms with Gasteiger partial charge in [0.15, 0.2) is 5.82 Å². The van der Waals surface area contributed by atoms with Crippen LogP contribution in [0.3, 0.4) is 0 Å². The fraction of sp³-hybridized carbons (Fsp3) is 0.333. The zero-order valence-corrected chi connectivity index (χ0v) is 10.9. The highest BCUT2D eigenvalue weighted by atomic mass is 79.9. The van der Waals surface area contributed by atoms with E-state index in [1.165, 1.54) is 17.7 Å². The van der Waals surface area contributed by atoms with Crippen LogP contribution in [0.5, 0.6) is 0 Å². The lowest BCUT2D eigenvalue weighted by Gasteiger charge is -2.09. The summed E-state index contributed by atoms with van der Waals surface area (Å²) in [5.41, 5.74) is 9.40. The summed E-state index contributed by atoms with van der Waals surface area (Å²) in [6.07, 6.45) is 7.05. The first-order valence-electron chi connectivity index (χ1n) is 5.70. The fourth-order valence-electron chi connectivity index (χ4n) is 2.27. The SMILES string of the molecule is NCc1cc2c(nc1-n1cc(Br)cn1)CCC2. The van der Waals surface area contributed by atoms with Gasteiger partial charge < -0.3 is 5.73 Å². The molecule has 0 saturated carbocycles. The summed E-state index contributed by atoms with van der Waals surface area (Å²) < 4.78 is 2.73. The third-order valence-corrected chi connectivity index (χ3v) is 3.50. The molecule has 0 fully saturated rings. The predicted octanol–water partition coefficient (Wildman–Crippen LogP) is 1.98. The van der Waals surface area contributed by atoms with Crippen LogP contribution in [0.15, 0.2) is 22.9 Å². The third kappa shape index (κ3) is 1.89. The van der Waals surface area contributed by atoms with Gasteiger partial charge in [-0.15, -0.1) is 0 Å². The normalized spacial score (nSPS) is 14.0. The van der Waals surface area contributed by atoms with Gasteiger partial charge in [0.2, 0.25) is 0 Å². The summed E-state index contributed by atoms with van der Waals surface area (Å²) in [5, 5.41) is 4.27. The minimum atomic E-state index is 0.493. The molecule has 5 heteroatoms. The maximum atomic E-state index is 5.80. The molecule has 0 radical (unpaired) electrons. The lowest BCUT2D eigenvalue weighted by atomic mass is 10.1. The molecule has 2 heterocycles. The molecule has 1 aliphatic rings. The second kappa shape index (κ2) is 4.23. The Hall–Kier alpha value is -1.20. The van der Waals surface area contributed by atoms with Gasteiger partial charge in [0, 0.05) is 24.0 Å². The van der Waals surface area contributed by atoms with Gasteiger partial charge in [-0.25, -0.2) is 9.67 Å². The summed E-state index contributed by atoms with van der Waals surface area (Å²) in [4.78, 5) is 4.71. The van der Waals surface area contributed by atoms with Gasteiger partial charge in [-0.2, -0.15) is 5.10 Å². The average molecular weight is 293 g/mol. The summed E-state index contributed by atoms with van der Waals surface area (Å²) in [7, 11) is 0. The maximum Gasteiger partial charge on any atom is 0.158 e. The number of fused-ring (bicyclic) bond motifs is 1. The van der Waals surface area contributed by atoms with Crippen LogP contribution in [-0.2, 0) is 19.4 Å². The molecule has 2 aromatic heterocycles. The molecule has 0 saturated heterocycles. The number of hydrogen-bond acceptors (Lipinski definition) is 3. The first-order chi connectivity index (χ1) is 8.28. The Balaban J connectivity index is 2.15. The van der Waals surface area contributed by atoms with Crippen molar-refractivity contribution in [3.05, 3.63) is 39.8 Å². The van der Waals surface area contributed by atoms with Crippen molar-refractivity contribution >= 4 is 15.9 Å². The molecular weight excluding hydrogens is 280 g/mol. The van der Waals surface area contributed by atoms with E-state index < -0.39 is 0 Å². The molecule has 0 aliphatic heterocycles. The molecule has 0 spiro atoms. The minimum Gasteiger partial charge on any atom is -0.326 e. The van der Waals surface area contributed by atoms with Gasteiger partial charge >= 0.3 is 0 Å². The van der Waals surface area contributed by atoms with E-state index >= 15 is 0 Å². The van der Waals surface area contributed by atoms with Gasteiger partial charge in [-0.05, 0) is 46.8 Å². The number of halogens is 1. The van der Waals surface area contributed by atoms with Gasteiger partial charge in [0.1, 0.15) is 0 Å². The van der Waals surface area contributed by atoms with E-state index in [2.05, 4.69) is 27.1 Å². The van der Waals surface area contributed by atoms with Crippen LogP contribution in [0.4, 0.5) is 0 Å². The largest absolute Gasteiger partial charge is 0.326 e. The van der Waals surface area contributed by atoms with Gasteiger partial charge in [0.05, 0.1) is 10.7 Å². The zero-order valence-electron chi connectivity index (χ0n) is 9.36. The average Bonchev–Trinajstić information content (AvgIpc) is 2.94. The second-order valence-electron chi connectivity index (χ2n) is 4.24. The smallest absolute Gasteiger partial charge is 0.158 e. The Labute approximate surface area is 108 Å². The Bertz CT molecular complexity index is 562. The van der Waals surface area contributed by atoms with Crippen LogP contribution in [0.1, 0.15) is 23.2 Å². The molecule has 88 valence electrons. The Morgan fingerprint density at radius 3 is 3.00 bits per heavy atom.